The zero-order valence-electron chi connectivity index (χ0n) is 8.65. The lowest BCUT2D eigenvalue weighted by molar-refractivity contribution is 0.481. The van der Waals surface area contributed by atoms with Gasteiger partial charge in [0.25, 0.3) is 0 Å². The second-order valence-electron chi connectivity index (χ2n) is 3.31. The minimum atomic E-state index is 0.427. The third kappa shape index (κ3) is 3.11. The minimum Gasteiger partial charge on any atom is -0.456 e. The van der Waals surface area contributed by atoms with Gasteiger partial charge in [-0.25, -0.2) is 0 Å². The van der Waals surface area contributed by atoms with Crippen molar-refractivity contribution in [2.75, 3.05) is 0 Å². The van der Waals surface area contributed by atoms with E-state index in [4.69, 9.17) is 21.6 Å². The SMILES string of the molecule is N#Cc1cc(Cl)ccc1Oc1ccc(I)cc1. The maximum atomic E-state index is 8.98. The molecule has 0 spiro atoms. The van der Waals surface area contributed by atoms with Gasteiger partial charge in [0.2, 0.25) is 0 Å². The van der Waals surface area contributed by atoms with Crippen molar-refractivity contribution >= 4 is 34.2 Å². The third-order valence-corrected chi connectivity index (χ3v) is 3.06. The van der Waals surface area contributed by atoms with Crippen LogP contribution in [0.4, 0.5) is 0 Å². The van der Waals surface area contributed by atoms with Gasteiger partial charge in [0.15, 0.2) is 0 Å². The lowest BCUT2D eigenvalue weighted by atomic mass is 10.2. The van der Waals surface area contributed by atoms with Crippen LogP contribution in [0.3, 0.4) is 0 Å². The highest BCUT2D eigenvalue weighted by Gasteiger charge is 2.05. The molecule has 0 fully saturated rings. The van der Waals surface area contributed by atoms with E-state index in [2.05, 4.69) is 28.7 Å². The fraction of sp³-hybridized carbons (Fsp3) is 0. The molecule has 2 nitrogen and oxygen atoms in total. The fourth-order valence-electron chi connectivity index (χ4n) is 1.31. The van der Waals surface area contributed by atoms with Crippen molar-refractivity contribution in [3.8, 4) is 17.6 Å². The number of hydrogen-bond donors (Lipinski definition) is 0. The maximum Gasteiger partial charge on any atom is 0.145 e. The van der Waals surface area contributed by atoms with Crippen LogP contribution in [-0.2, 0) is 0 Å². The summed E-state index contributed by atoms with van der Waals surface area (Å²) in [5.41, 5.74) is 0.427. The summed E-state index contributed by atoms with van der Waals surface area (Å²) in [6.07, 6.45) is 0. The molecule has 0 saturated heterocycles. The van der Waals surface area contributed by atoms with Gasteiger partial charge in [-0.1, -0.05) is 11.6 Å². The lowest BCUT2D eigenvalue weighted by Crippen LogP contribution is -1.88. The molecule has 0 aliphatic carbocycles. The van der Waals surface area contributed by atoms with Crippen molar-refractivity contribution < 1.29 is 4.74 Å². The van der Waals surface area contributed by atoms with Gasteiger partial charge in [-0.15, -0.1) is 0 Å². The van der Waals surface area contributed by atoms with Crippen LogP contribution in [0.25, 0.3) is 0 Å². The fourth-order valence-corrected chi connectivity index (χ4v) is 1.84. The van der Waals surface area contributed by atoms with E-state index in [0.29, 0.717) is 22.1 Å². The second-order valence-corrected chi connectivity index (χ2v) is 4.99. The van der Waals surface area contributed by atoms with Crippen LogP contribution in [0.5, 0.6) is 11.5 Å². The summed E-state index contributed by atoms with van der Waals surface area (Å²) in [6, 6.07) is 14.6. The Morgan fingerprint density at radius 3 is 2.47 bits per heavy atom. The van der Waals surface area contributed by atoms with E-state index in [9.17, 15) is 0 Å². The van der Waals surface area contributed by atoms with E-state index in [1.807, 2.05) is 24.3 Å². The van der Waals surface area contributed by atoms with E-state index in [-0.39, 0.29) is 0 Å². The number of benzene rings is 2. The van der Waals surface area contributed by atoms with Crippen LogP contribution >= 0.6 is 34.2 Å². The largest absolute Gasteiger partial charge is 0.456 e. The van der Waals surface area contributed by atoms with Crippen LogP contribution in [0.1, 0.15) is 5.56 Å². The summed E-state index contributed by atoms with van der Waals surface area (Å²) in [5.74, 6) is 1.21. The highest BCUT2D eigenvalue weighted by atomic mass is 127. The average molecular weight is 356 g/mol. The zero-order valence-corrected chi connectivity index (χ0v) is 11.6. The highest BCUT2D eigenvalue weighted by Crippen LogP contribution is 2.27. The molecular formula is C13H7ClINO. The van der Waals surface area contributed by atoms with Gasteiger partial charge < -0.3 is 4.74 Å². The first kappa shape index (κ1) is 12.2. The summed E-state index contributed by atoms with van der Waals surface area (Å²) in [4.78, 5) is 0. The van der Waals surface area contributed by atoms with Gasteiger partial charge in [0, 0.05) is 8.59 Å². The van der Waals surface area contributed by atoms with Gasteiger partial charge >= 0.3 is 0 Å². The Morgan fingerprint density at radius 2 is 1.82 bits per heavy atom. The van der Waals surface area contributed by atoms with E-state index in [0.717, 1.165) is 3.57 Å². The number of rotatable bonds is 2. The smallest absolute Gasteiger partial charge is 0.145 e. The van der Waals surface area contributed by atoms with Crippen molar-refractivity contribution in [2.45, 2.75) is 0 Å². The Labute approximate surface area is 118 Å². The van der Waals surface area contributed by atoms with Gasteiger partial charge in [0.05, 0.1) is 5.56 Å². The van der Waals surface area contributed by atoms with Crippen molar-refractivity contribution in [2.24, 2.45) is 0 Å². The Hall–Kier alpha value is -1.25. The summed E-state index contributed by atoms with van der Waals surface area (Å²) >= 11 is 8.03. The predicted octanol–water partition coefficient (Wildman–Crippen LogP) is 4.61. The van der Waals surface area contributed by atoms with Gasteiger partial charge in [-0.2, -0.15) is 5.26 Å². The van der Waals surface area contributed by atoms with Crippen LogP contribution in [0.15, 0.2) is 42.5 Å². The Bertz CT molecular complexity index is 575. The molecule has 2 rings (SSSR count). The van der Waals surface area contributed by atoms with Gasteiger partial charge in [-0.3, -0.25) is 0 Å². The Kier molecular flexibility index (Phi) is 3.87. The highest BCUT2D eigenvalue weighted by molar-refractivity contribution is 14.1. The first-order valence-corrected chi connectivity index (χ1v) is 6.28. The Morgan fingerprint density at radius 1 is 1.12 bits per heavy atom. The number of ether oxygens (including phenoxy) is 1. The molecule has 0 amide bonds. The number of nitriles is 1. The molecular weight excluding hydrogens is 349 g/mol. The standard InChI is InChI=1S/C13H7ClINO/c14-10-1-6-13(9(7-10)8-16)17-12-4-2-11(15)3-5-12/h1-7H. The molecule has 84 valence electrons. The molecule has 0 heterocycles. The first-order valence-electron chi connectivity index (χ1n) is 4.82. The van der Waals surface area contributed by atoms with Crippen molar-refractivity contribution in [1.82, 2.24) is 0 Å². The quantitative estimate of drug-likeness (QED) is 0.737. The normalized spacial score (nSPS) is 9.71. The van der Waals surface area contributed by atoms with E-state index in [1.54, 1.807) is 18.2 Å². The molecule has 17 heavy (non-hydrogen) atoms. The average Bonchev–Trinajstić information content (AvgIpc) is 2.34. The number of halogens is 2. The monoisotopic (exact) mass is 355 g/mol. The molecule has 0 radical (unpaired) electrons. The molecule has 0 aromatic heterocycles. The van der Waals surface area contributed by atoms with Crippen molar-refractivity contribution in [1.29, 1.82) is 5.26 Å². The molecule has 0 aliphatic rings. The molecule has 0 unspecified atom stereocenters. The molecule has 0 bridgehead atoms. The Balaban J connectivity index is 2.30. The molecule has 2 aromatic carbocycles. The molecule has 0 N–H and O–H groups in total. The topological polar surface area (TPSA) is 33.0 Å². The van der Waals surface area contributed by atoms with Crippen molar-refractivity contribution in [3.05, 3.63) is 56.6 Å². The van der Waals surface area contributed by atoms with E-state index < -0.39 is 0 Å². The predicted molar refractivity (Wildman–Crippen MR) is 75.4 cm³/mol. The molecule has 0 aliphatic heterocycles. The van der Waals surface area contributed by atoms with E-state index in [1.165, 1.54) is 0 Å². The summed E-state index contributed by atoms with van der Waals surface area (Å²) < 4.78 is 6.76. The summed E-state index contributed by atoms with van der Waals surface area (Å²) in [5, 5.41) is 9.50. The number of nitrogens with zero attached hydrogens (tertiary/aromatic N) is 1. The summed E-state index contributed by atoms with van der Waals surface area (Å²) in [6.45, 7) is 0. The summed E-state index contributed by atoms with van der Waals surface area (Å²) in [7, 11) is 0. The maximum absolute atomic E-state index is 8.98. The van der Waals surface area contributed by atoms with Gasteiger partial charge in [0.1, 0.15) is 17.6 Å². The third-order valence-electron chi connectivity index (χ3n) is 2.10. The zero-order chi connectivity index (χ0) is 12.3. The van der Waals surface area contributed by atoms with Crippen molar-refractivity contribution in [3.63, 3.8) is 0 Å². The molecule has 2 aromatic rings. The molecule has 0 saturated carbocycles. The first-order chi connectivity index (χ1) is 8.19. The minimum absolute atomic E-state index is 0.427. The van der Waals surface area contributed by atoms with Gasteiger partial charge in [-0.05, 0) is 65.1 Å². The number of hydrogen-bond acceptors (Lipinski definition) is 2. The second kappa shape index (κ2) is 5.39. The molecule has 4 heteroatoms. The van der Waals surface area contributed by atoms with Crippen LogP contribution in [0, 0.1) is 14.9 Å². The van der Waals surface area contributed by atoms with Crippen LogP contribution in [0.2, 0.25) is 5.02 Å². The van der Waals surface area contributed by atoms with Crippen LogP contribution < -0.4 is 4.74 Å². The van der Waals surface area contributed by atoms with Crippen LogP contribution in [-0.4, -0.2) is 0 Å². The molecule has 0 atom stereocenters. The van der Waals surface area contributed by atoms with E-state index >= 15 is 0 Å². The lowest BCUT2D eigenvalue weighted by Gasteiger charge is -2.07.